The highest BCUT2D eigenvalue weighted by molar-refractivity contribution is 9.26. The fourth-order valence-corrected chi connectivity index (χ4v) is 1.44. The van der Waals surface area contributed by atoms with Gasteiger partial charge in [0.25, 0.3) is 0 Å². The number of hydrogen-bond donors (Lipinski definition) is 1. The van der Waals surface area contributed by atoms with Gasteiger partial charge in [-0.2, -0.15) is 0 Å². The largest absolute Gasteiger partial charge is 0.368 e. The standard InChI is InChI=1S/C4H6Br3ClO/c5-3(1-2-8)4(6,7)9/h3,9H,1-2H2. The second-order valence-electron chi connectivity index (χ2n) is 1.53. The molecule has 56 valence electrons. The molecule has 0 heterocycles. The average Bonchev–Trinajstić information content (AvgIpc) is 1.64. The summed E-state index contributed by atoms with van der Waals surface area (Å²) in [6.45, 7) is 0. The summed E-state index contributed by atoms with van der Waals surface area (Å²) in [7, 11) is 0. The fraction of sp³-hybridized carbons (Fsp3) is 1.00. The van der Waals surface area contributed by atoms with Gasteiger partial charge in [0.2, 0.25) is 0 Å². The smallest absolute Gasteiger partial charge is 0.187 e. The molecule has 0 aromatic heterocycles. The van der Waals surface area contributed by atoms with E-state index in [0.717, 1.165) is 0 Å². The monoisotopic (exact) mass is 342 g/mol. The summed E-state index contributed by atoms with van der Waals surface area (Å²) in [5.74, 6) is 0.523. The van der Waals surface area contributed by atoms with Crippen LogP contribution in [0.25, 0.3) is 0 Å². The number of halogens is 4. The van der Waals surface area contributed by atoms with E-state index in [4.69, 9.17) is 16.7 Å². The third kappa shape index (κ3) is 5.01. The summed E-state index contributed by atoms with van der Waals surface area (Å²) in [6.07, 6.45) is 0.703. The highest BCUT2D eigenvalue weighted by Crippen LogP contribution is 2.33. The maximum absolute atomic E-state index is 9.15. The number of rotatable bonds is 3. The summed E-state index contributed by atoms with van der Waals surface area (Å²) in [5, 5.41) is 9.15. The second kappa shape index (κ2) is 4.54. The SMILES string of the molecule is OC(Br)(Br)C(Br)CCCl. The van der Waals surface area contributed by atoms with Gasteiger partial charge < -0.3 is 5.11 Å². The molecular formula is C4H6Br3ClO. The van der Waals surface area contributed by atoms with Crippen LogP contribution in [-0.2, 0) is 0 Å². The van der Waals surface area contributed by atoms with Crippen molar-refractivity contribution in [1.29, 1.82) is 0 Å². The molecule has 0 radical (unpaired) electrons. The molecule has 0 saturated carbocycles. The first kappa shape index (κ1) is 10.7. The Hall–Kier alpha value is 1.69. The Labute approximate surface area is 84.5 Å². The van der Waals surface area contributed by atoms with Crippen molar-refractivity contribution in [3.05, 3.63) is 0 Å². The normalized spacial score (nSPS) is 15.7. The summed E-state index contributed by atoms with van der Waals surface area (Å²) < 4.78 is -1.03. The molecule has 0 amide bonds. The van der Waals surface area contributed by atoms with Crippen LogP contribution in [0.2, 0.25) is 0 Å². The van der Waals surface area contributed by atoms with E-state index in [1.165, 1.54) is 0 Å². The van der Waals surface area contributed by atoms with Crippen molar-refractivity contribution in [2.75, 3.05) is 5.88 Å². The lowest BCUT2D eigenvalue weighted by atomic mass is 10.4. The van der Waals surface area contributed by atoms with Crippen LogP contribution in [0.3, 0.4) is 0 Å². The predicted molar refractivity (Wildman–Crippen MR) is 50.9 cm³/mol. The summed E-state index contributed by atoms with van der Waals surface area (Å²) in [6, 6.07) is 0. The van der Waals surface area contributed by atoms with Crippen molar-refractivity contribution in [2.24, 2.45) is 0 Å². The van der Waals surface area contributed by atoms with Gasteiger partial charge in [-0.1, -0.05) is 15.9 Å². The van der Waals surface area contributed by atoms with E-state index >= 15 is 0 Å². The van der Waals surface area contributed by atoms with Crippen LogP contribution in [0.15, 0.2) is 0 Å². The van der Waals surface area contributed by atoms with Crippen molar-refractivity contribution < 1.29 is 5.11 Å². The summed E-state index contributed by atoms with van der Waals surface area (Å²) in [5.41, 5.74) is 0. The van der Waals surface area contributed by atoms with Gasteiger partial charge in [-0.15, -0.1) is 11.6 Å². The molecule has 1 N–H and O–H groups in total. The number of alkyl halides is 4. The molecular weight excluding hydrogens is 339 g/mol. The molecule has 0 aliphatic heterocycles. The lowest BCUT2D eigenvalue weighted by Gasteiger charge is -2.18. The van der Waals surface area contributed by atoms with Crippen LogP contribution in [0.5, 0.6) is 0 Å². The minimum Gasteiger partial charge on any atom is -0.368 e. The van der Waals surface area contributed by atoms with E-state index in [-0.39, 0.29) is 4.83 Å². The summed E-state index contributed by atoms with van der Waals surface area (Å²) in [4.78, 5) is -0.0671. The molecule has 0 aliphatic rings. The first-order valence-electron chi connectivity index (χ1n) is 2.28. The van der Waals surface area contributed by atoms with E-state index in [1.807, 2.05) is 0 Å². The quantitative estimate of drug-likeness (QED) is 0.780. The van der Waals surface area contributed by atoms with Crippen molar-refractivity contribution in [3.63, 3.8) is 0 Å². The predicted octanol–water partition coefficient (Wildman–Crippen LogP) is 2.81. The third-order valence-corrected chi connectivity index (χ3v) is 4.41. The van der Waals surface area contributed by atoms with Crippen LogP contribution in [0.1, 0.15) is 6.42 Å². The van der Waals surface area contributed by atoms with Gasteiger partial charge in [-0.3, -0.25) is 0 Å². The Morgan fingerprint density at radius 1 is 1.56 bits per heavy atom. The Morgan fingerprint density at radius 3 is 2.11 bits per heavy atom. The molecule has 0 rings (SSSR count). The third-order valence-electron chi connectivity index (χ3n) is 0.739. The molecule has 1 nitrogen and oxygen atoms in total. The molecule has 1 unspecified atom stereocenters. The zero-order chi connectivity index (χ0) is 7.49. The maximum Gasteiger partial charge on any atom is 0.187 e. The Morgan fingerprint density at radius 2 is 2.00 bits per heavy atom. The average molecular weight is 345 g/mol. The molecule has 5 heteroatoms. The van der Waals surface area contributed by atoms with E-state index in [0.29, 0.717) is 12.3 Å². The molecule has 0 aliphatic carbocycles. The first-order valence-corrected chi connectivity index (χ1v) is 5.32. The molecule has 0 saturated heterocycles. The second-order valence-corrected chi connectivity index (χ2v) is 6.50. The zero-order valence-electron chi connectivity index (χ0n) is 4.45. The first-order chi connectivity index (χ1) is 3.98. The van der Waals surface area contributed by atoms with Crippen molar-refractivity contribution in [1.82, 2.24) is 0 Å². The lowest BCUT2D eigenvalue weighted by Crippen LogP contribution is -2.24. The summed E-state index contributed by atoms with van der Waals surface area (Å²) >= 11 is 14.7. The van der Waals surface area contributed by atoms with Gasteiger partial charge in [-0.25, -0.2) is 0 Å². The molecule has 0 bridgehead atoms. The van der Waals surface area contributed by atoms with Crippen molar-refractivity contribution in [2.45, 2.75) is 14.7 Å². The van der Waals surface area contributed by atoms with Crippen molar-refractivity contribution >= 4 is 59.4 Å². The minimum absolute atomic E-state index is 0.0671. The highest BCUT2D eigenvalue weighted by atomic mass is 79.9. The zero-order valence-corrected chi connectivity index (χ0v) is 9.96. The number of aliphatic hydroxyl groups is 1. The van der Waals surface area contributed by atoms with E-state index < -0.39 is 3.42 Å². The van der Waals surface area contributed by atoms with Gasteiger partial charge in [0, 0.05) is 5.88 Å². The fourth-order valence-electron chi connectivity index (χ4n) is 0.269. The van der Waals surface area contributed by atoms with Crippen LogP contribution < -0.4 is 0 Å². The lowest BCUT2D eigenvalue weighted by molar-refractivity contribution is 0.241. The molecule has 1 atom stereocenters. The van der Waals surface area contributed by atoms with Gasteiger partial charge in [0.05, 0.1) is 4.83 Å². The van der Waals surface area contributed by atoms with Gasteiger partial charge >= 0.3 is 0 Å². The van der Waals surface area contributed by atoms with Crippen LogP contribution in [0, 0.1) is 0 Å². The molecule has 0 spiro atoms. The highest BCUT2D eigenvalue weighted by Gasteiger charge is 2.27. The molecule has 0 aromatic rings. The Balaban J connectivity index is 3.59. The topological polar surface area (TPSA) is 20.2 Å². The van der Waals surface area contributed by atoms with E-state index in [9.17, 15) is 0 Å². The van der Waals surface area contributed by atoms with E-state index in [2.05, 4.69) is 47.8 Å². The van der Waals surface area contributed by atoms with Gasteiger partial charge in [0.1, 0.15) is 0 Å². The Kier molecular flexibility index (Phi) is 5.40. The van der Waals surface area contributed by atoms with Gasteiger partial charge in [0.15, 0.2) is 3.42 Å². The minimum atomic E-state index is -1.03. The van der Waals surface area contributed by atoms with Crippen LogP contribution in [0.4, 0.5) is 0 Å². The molecule has 9 heavy (non-hydrogen) atoms. The Bertz CT molecular complexity index is 82.4. The number of hydrogen-bond acceptors (Lipinski definition) is 1. The van der Waals surface area contributed by atoms with Gasteiger partial charge in [-0.05, 0) is 38.3 Å². The molecule has 0 fully saturated rings. The van der Waals surface area contributed by atoms with E-state index in [1.54, 1.807) is 0 Å². The maximum atomic E-state index is 9.15. The van der Waals surface area contributed by atoms with Crippen LogP contribution in [-0.4, -0.2) is 19.2 Å². The van der Waals surface area contributed by atoms with Crippen LogP contribution >= 0.6 is 59.4 Å². The van der Waals surface area contributed by atoms with Crippen molar-refractivity contribution in [3.8, 4) is 0 Å². The molecule has 0 aromatic carbocycles.